The van der Waals surface area contributed by atoms with Gasteiger partial charge in [-0.05, 0) is 49.6 Å². The van der Waals surface area contributed by atoms with E-state index in [4.69, 9.17) is 9.73 Å². The highest BCUT2D eigenvalue weighted by atomic mass is 127. The van der Waals surface area contributed by atoms with Gasteiger partial charge in [0.2, 0.25) is 0 Å². The third-order valence-corrected chi connectivity index (χ3v) is 7.76. The van der Waals surface area contributed by atoms with Crippen molar-refractivity contribution in [3.8, 4) is 0 Å². The molecule has 3 fully saturated rings. The predicted molar refractivity (Wildman–Crippen MR) is 134 cm³/mol. The smallest absolute Gasteiger partial charge is 0.191 e. The Morgan fingerprint density at radius 2 is 2.03 bits per heavy atom. The van der Waals surface area contributed by atoms with E-state index in [2.05, 4.69) is 22.5 Å². The lowest BCUT2D eigenvalue weighted by atomic mass is 9.95. The Labute approximate surface area is 201 Å². The number of nitrogens with one attached hydrogen (secondary N) is 2. The summed E-state index contributed by atoms with van der Waals surface area (Å²) in [7, 11) is 0. The van der Waals surface area contributed by atoms with Gasteiger partial charge in [0.25, 0.3) is 0 Å². The summed E-state index contributed by atoms with van der Waals surface area (Å²) < 4.78 is 19.3. The van der Waals surface area contributed by atoms with Crippen molar-refractivity contribution in [1.82, 2.24) is 15.5 Å². The van der Waals surface area contributed by atoms with Crippen LogP contribution in [0.3, 0.4) is 0 Å². The molecule has 1 aromatic rings. The molecule has 0 radical (unpaired) electrons. The Kier molecular flexibility index (Phi) is 8.69. The van der Waals surface area contributed by atoms with Crippen LogP contribution in [0.5, 0.6) is 0 Å². The van der Waals surface area contributed by atoms with Gasteiger partial charge in [-0.1, -0.05) is 12.1 Å². The van der Waals surface area contributed by atoms with Crippen LogP contribution >= 0.6 is 35.7 Å². The van der Waals surface area contributed by atoms with Crippen molar-refractivity contribution in [1.29, 1.82) is 0 Å². The van der Waals surface area contributed by atoms with Crippen LogP contribution < -0.4 is 10.6 Å². The van der Waals surface area contributed by atoms with Crippen molar-refractivity contribution in [2.24, 2.45) is 4.99 Å². The maximum atomic E-state index is 13.7. The summed E-state index contributed by atoms with van der Waals surface area (Å²) in [5, 5.41) is 6.96. The van der Waals surface area contributed by atoms with Gasteiger partial charge in [-0.2, -0.15) is 11.8 Å². The molecule has 1 unspecified atom stereocenters. The highest BCUT2D eigenvalue weighted by Crippen LogP contribution is 2.47. The van der Waals surface area contributed by atoms with E-state index in [0.29, 0.717) is 0 Å². The van der Waals surface area contributed by atoms with Gasteiger partial charge in [-0.3, -0.25) is 9.89 Å². The molecule has 2 saturated heterocycles. The molecule has 1 atom stereocenters. The van der Waals surface area contributed by atoms with Crippen LogP contribution in [0.1, 0.15) is 31.7 Å². The first-order chi connectivity index (χ1) is 14.2. The molecule has 4 rings (SSSR count). The van der Waals surface area contributed by atoms with Crippen molar-refractivity contribution in [2.75, 3.05) is 57.4 Å². The van der Waals surface area contributed by atoms with Gasteiger partial charge in [0.1, 0.15) is 5.82 Å². The van der Waals surface area contributed by atoms with E-state index in [1.807, 2.05) is 23.9 Å². The second-order valence-electron chi connectivity index (χ2n) is 8.47. The summed E-state index contributed by atoms with van der Waals surface area (Å²) >= 11 is 2.04. The summed E-state index contributed by atoms with van der Waals surface area (Å²) in [6.07, 6.45) is 3.38. The average molecular weight is 549 g/mol. The van der Waals surface area contributed by atoms with Crippen LogP contribution in [0.15, 0.2) is 29.3 Å². The molecule has 168 valence electrons. The minimum Gasteiger partial charge on any atom is -0.379 e. The SMILES string of the molecule is CCNC(=NCC1(N2CCOCC2)CCSC1)NCC1(c2cccc(F)c2)CC1.I. The van der Waals surface area contributed by atoms with Crippen molar-refractivity contribution in [3.63, 3.8) is 0 Å². The van der Waals surface area contributed by atoms with E-state index in [1.54, 1.807) is 6.07 Å². The molecular weight excluding hydrogens is 514 g/mol. The zero-order chi connectivity index (χ0) is 20.2. The van der Waals surface area contributed by atoms with Crippen LogP contribution in [0, 0.1) is 5.82 Å². The maximum Gasteiger partial charge on any atom is 0.191 e. The first-order valence-corrected chi connectivity index (χ1v) is 12.0. The normalized spacial score (nSPS) is 26.1. The van der Waals surface area contributed by atoms with E-state index in [9.17, 15) is 4.39 Å². The van der Waals surface area contributed by atoms with E-state index in [0.717, 1.165) is 76.1 Å². The number of ether oxygens (including phenoxy) is 1. The average Bonchev–Trinajstić information content (AvgIpc) is 3.39. The first kappa shape index (κ1) is 24.1. The molecule has 8 heteroatoms. The highest BCUT2D eigenvalue weighted by molar-refractivity contribution is 14.0. The molecule has 1 aromatic carbocycles. The second-order valence-corrected chi connectivity index (χ2v) is 9.57. The molecule has 30 heavy (non-hydrogen) atoms. The molecule has 3 aliphatic rings. The highest BCUT2D eigenvalue weighted by Gasteiger charge is 2.44. The third kappa shape index (κ3) is 5.61. The summed E-state index contributed by atoms with van der Waals surface area (Å²) in [5.41, 5.74) is 1.29. The minimum atomic E-state index is -0.152. The topological polar surface area (TPSA) is 48.9 Å². The largest absolute Gasteiger partial charge is 0.379 e. The zero-order valence-electron chi connectivity index (χ0n) is 17.8. The third-order valence-electron chi connectivity index (χ3n) is 6.52. The molecule has 5 nitrogen and oxygen atoms in total. The Balaban J connectivity index is 0.00000256. The van der Waals surface area contributed by atoms with Crippen LogP contribution in [-0.2, 0) is 10.2 Å². The molecule has 2 aliphatic heterocycles. The summed E-state index contributed by atoms with van der Waals surface area (Å²) in [5.74, 6) is 3.07. The monoisotopic (exact) mass is 548 g/mol. The Hall–Kier alpha value is -0.580. The lowest BCUT2D eigenvalue weighted by molar-refractivity contribution is -0.0104. The van der Waals surface area contributed by atoms with Gasteiger partial charge in [-0.15, -0.1) is 24.0 Å². The lowest BCUT2D eigenvalue weighted by Crippen LogP contribution is -2.56. The van der Waals surface area contributed by atoms with Gasteiger partial charge < -0.3 is 15.4 Å². The number of morpholine rings is 1. The second kappa shape index (κ2) is 10.8. The van der Waals surface area contributed by atoms with Gasteiger partial charge in [0.15, 0.2) is 5.96 Å². The van der Waals surface area contributed by atoms with Crippen molar-refractivity contribution < 1.29 is 9.13 Å². The maximum absolute atomic E-state index is 13.7. The van der Waals surface area contributed by atoms with Crippen molar-refractivity contribution >= 4 is 41.7 Å². The van der Waals surface area contributed by atoms with Crippen LogP contribution in [0.2, 0.25) is 0 Å². The fraction of sp³-hybridized carbons (Fsp3) is 0.682. The van der Waals surface area contributed by atoms with Crippen LogP contribution in [0.25, 0.3) is 0 Å². The Morgan fingerprint density at radius 3 is 2.67 bits per heavy atom. The van der Waals surface area contributed by atoms with E-state index in [1.165, 1.54) is 18.2 Å². The van der Waals surface area contributed by atoms with Gasteiger partial charge in [0, 0.05) is 37.3 Å². The van der Waals surface area contributed by atoms with E-state index >= 15 is 0 Å². The van der Waals surface area contributed by atoms with E-state index < -0.39 is 0 Å². The first-order valence-electron chi connectivity index (χ1n) is 10.8. The predicted octanol–water partition coefficient (Wildman–Crippen LogP) is 3.24. The van der Waals surface area contributed by atoms with Crippen molar-refractivity contribution in [3.05, 3.63) is 35.6 Å². The number of aliphatic imine (C=N–C) groups is 1. The standard InChI is InChI=1S/C22H33FN4OS.HI/c1-2-24-20(25-15-21(6-7-21)18-4-3-5-19(23)14-18)26-16-22(8-13-29-17-22)27-9-11-28-12-10-27;/h3-5,14H,2,6-13,15-17H2,1H3,(H2,24,25,26);1H. The summed E-state index contributed by atoms with van der Waals surface area (Å²) in [4.78, 5) is 7.61. The molecule has 1 saturated carbocycles. The molecule has 0 spiro atoms. The minimum absolute atomic E-state index is 0. The molecule has 1 aliphatic carbocycles. The molecule has 0 bridgehead atoms. The fourth-order valence-electron chi connectivity index (χ4n) is 4.47. The Morgan fingerprint density at radius 1 is 1.23 bits per heavy atom. The summed E-state index contributed by atoms with van der Waals surface area (Å²) in [6, 6.07) is 7.06. The number of hydrogen-bond donors (Lipinski definition) is 2. The van der Waals surface area contributed by atoms with E-state index in [-0.39, 0.29) is 40.7 Å². The fourth-order valence-corrected chi connectivity index (χ4v) is 5.93. The number of hydrogen-bond acceptors (Lipinski definition) is 4. The quantitative estimate of drug-likeness (QED) is 0.312. The molecular formula is C22H34FIN4OS. The molecule has 0 amide bonds. The lowest BCUT2D eigenvalue weighted by Gasteiger charge is -2.42. The van der Waals surface area contributed by atoms with Gasteiger partial charge >= 0.3 is 0 Å². The summed E-state index contributed by atoms with van der Waals surface area (Å²) in [6.45, 7) is 8.18. The molecule has 2 heterocycles. The molecule has 2 N–H and O–H groups in total. The number of benzene rings is 1. The van der Waals surface area contributed by atoms with Gasteiger partial charge in [0.05, 0.1) is 25.3 Å². The number of rotatable bonds is 7. The zero-order valence-corrected chi connectivity index (χ0v) is 20.9. The van der Waals surface area contributed by atoms with Crippen LogP contribution in [0.4, 0.5) is 4.39 Å². The van der Waals surface area contributed by atoms with Crippen molar-refractivity contribution in [2.45, 2.75) is 37.1 Å². The number of guanidine groups is 1. The van der Waals surface area contributed by atoms with Gasteiger partial charge in [-0.25, -0.2) is 4.39 Å². The van der Waals surface area contributed by atoms with Crippen LogP contribution in [-0.4, -0.2) is 73.8 Å². The number of thioether (sulfide) groups is 1. The number of nitrogens with zero attached hydrogens (tertiary/aromatic N) is 2. The number of halogens is 2. The Bertz CT molecular complexity index is 719. The molecule has 0 aromatic heterocycles.